The van der Waals surface area contributed by atoms with Gasteiger partial charge in [0.2, 0.25) is 0 Å². The Kier molecular flexibility index (Phi) is 4.76. The molecule has 1 spiro atoms. The van der Waals surface area contributed by atoms with Gasteiger partial charge in [0.15, 0.2) is 11.6 Å². The van der Waals surface area contributed by atoms with Gasteiger partial charge in [-0.25, -0.2) is 13.8 Å². The number of hydrogen-bond donors (Lipinski definition) is 1. The first-order chi connectivity index (χ1) is 14.5. The molecule has 2 bridgehead atoms. The summed E-state index contributed by atoms with van der Waals surface area (Å²) in [5.74, 6) is -1.97. The predicted molar refractivity (Wildman–Crippen MR) is 101 cm³/mol. The second kappa shape index (κ2) is 7.33. The van der Waals surface area contributed by atoms with Gasteiger partial charge < -0.3 is 14.7 Å². The van der Waals surface area contributed by atoms with Gasteiger partial charge in [-0.2, -0.15) is 0 Å². The maximum atomic E-state index is 13.6. The Labute approximate surface area is 172 Å². The second-order valence-corrected chi connectivity index (χ2v) is 8.37. The quantitative estimate of drug-likeness (QED) is 0.804. The minimum absolute atomic E-state index is 0.0245. The second-order valence-electron chi connectivity index (χ2n) is 8.37. The van der Waals surface area contributed by atoms with Crippen molar-refractivity contribution >= 4 is 5.91 Å². The third-order valence-corrected chi connectivity index (χ3v) is 6.53. The fourth-order valence-electron chi connectivity index (χ4n) is 5.27. The van der Waals surface area contributed by atoms with Crippen LogP contribution in [0.4, 0.5) is 8.78 Å². The van der Waals surface area contributed by atoms with Crippen LogP contribution in [0, 0.1) is 23.5 Å². The molecule has 4 atom stereocenters. The molecular formula is C21H22F2N4O3. The molecule has 1 aromatic carbocycles. The molecule has 0 radical (unpaired) electrons. The van der Waals surface area contributed by atoms with Gasteiger partial charge >= 0.3 is 0 Å². The number of benzene rings is 1. The Bertz CT molecular complexity index is 963. The molecule has 3 fully saturated rings. The van der Waals surface area contributed by atoms with Crippen LogP contribution in [0.15, 0.2) is 36.8 Å². The largest absolute Gasteiger partial charge is 0.396 e. The van der Waals surface area contributed by atoms with E-state index in [1.807, 2.05) is 0 Å². The molecule has 2 aromatic rings. The van der Waals surface area contributed by atoms with Crippen LogP contribution < -0.4 is 0 Å². The zero-order valence-electron chi connectivity index (χ0n) is 16.2. The van der Waals surface area contributed by atoms with Gasteiger partial charge in [-0.15, -0.1) is 0 Å². The van der Waals surface area contributed by atoms with Crippen LogP contribution in [-0.4, -0.2) is 75.3 Å². The summed E-state index contributed by atoms with van der Waals surface area (Å²) in [4.78, 5) is 24.9. The molecule has 0 unspecified atom stereocenters. The number of fused-ring (bicyclic) bond motifs is 1. The van der Waals surface area contributed by atoms with Gasteiger partial charge in [-0.05, 0) is 17.7 Å². The fraction of sp³-hybridized carbons (Fsp3) is 0.476. The number of hydrogen-bond acceptors (Lipinski definition) is 6. The van der Waals surface area contributed by atoms with Crippen molar-refractivity contribution < 1.29 is 23.4 Å². The van der Waals surface area contributed by atoms with Crippen molar-refractivity contribution in [1.29, 1.82) is 0 Å². The minimum Gasteiger partial charge on any atom is -0.396 e. The molecule has 0 saturated carbocycles. The van der Waals surface area contributed by atoms with Crippen LogP contribution in [0.25, 0.3) is 0 Å². The molecule has 1 amide bonds. The first-order valence-corrected chi connectivity index (χ1v) is 9.99. The number of amides is 1. The molecule has 1 N–H and O–H groups in total. The highest BCUT2D eigenvalue weighted by molar-refractivity contribution is 5.92. The Morgan fingerprint density at radius 2 is 2.10 bits per heavy atom. The molecule has 0 aliphatic carbocycles. The van der Waals surface area contributed by atoms with Crippen molar-refractivity contribution in [2.24, 2.45) is 11.8 Å². The van der Waals surface area contributed by atoms with Crippen molar-refractivity contribution in [1.82, 2.24) is 19.8 Å². The van der Waals surface area contributed by atoms with E-state index in [1.54, 1.807) is 11.0 Å². The van der Waals surface area contributed by atoms with E-state index < -0.39 is 17.2 Å². The summed E-state index contributed by atoms with van der Waals surface area (Å²) in [6, 6.07) is 3.91. The van der Waals surface area contributed by atoms with Gasteiger partial charge in [-0.1, -0.05) is 6.07 Å². The van der Waals surface area contributed by atoms with Crippen molar-refractivity contribution in [3.8, 4) is 0 Å². The third kappa shape index (κ3) is 3.17. The van der Waals surface area contributed by atoms with Crippen molar-refractivity contribution in [2.75, 3.05) is 32.8 Å². The van der Waals surface area contributed by atoms with E-state index in [4.69, 9.17) is 4.74 Å². The lowest BCUT2D eigenvalue weighted by Crippen LogP contribution is -2.55. The number of nitrogens with zero attached hydrogens (tertiary/aromatic N) is 4. The number of aliphatic hydroxyl groups excluding tert-OH is 1. The molecule has 4 heterocycles. The van der Waals surface area contributed by atoms with Crippen LogP contribution >= 0.6 is 0 Å². The van der Waals surface area contributed by atoms with Crippen LogP contribution in [0.2, 0.25) is 0 Å². The van der Waals surface area contributed by atoms with Crippen LogP contribution in [0.1, 0.15) is 16.1 Å². The number of morpholine rings is 1. The van der Waals surface area contributed by atoms with E-state index >= 15 is 0 Å². The summed E-state index contributed by atoms with van der Waals surface area (Å²) in [7, 11) is 0. The molecule has 7 nitrogen and oxygen atoms in total. The lowest BCUT2D eigenvalue weighted by atomic mass is 9.83. The molecule has 9 heteroatoms. The van der Waals surface area contributed by atoms with Crippen LogP contribution in [-0.2, 0) is 11.3 Å². The minimum atomic E-state index is -0.868. The Balaban J connectivity index is 1.37. The summed E-state index contributed by atoms with van der Waals surface area (Å²) in [6.07, 6.45) is 4.21. The Hall–Kier alpha value is -2.49. The van der Waals surface area contributed by atoms with Gasteiger partial charge in [0, 0.05) is 57.0 Å². The number of aromatic nitrogens is 2. The number of carbonyl (C=O) groups is 1. The number of carbonyl (C=O) groups excluding carboxylic acids is 1. The van der Waals surface area contributed by atoms with E-state index in [-0.39, 0.29) is 36.1 Å². The smallest absolute Gasteiger partial charge is 0.274 e. The zero-order valence-corrected chi connectivity index (χ0v) is 16.2. The summed E-state index contributed by atoms with van der Waals surface area (Å²) in [6.45, 7) is 2.43. The number of ether oxygens (including phenoxy) is 1. The first kappa shape index (κ1) is 19.5. The number of likely N-dealkylation sites (tertiary alicyclic amines) is 2. The molecule has 158 valence electrons. The van der Waals surface area contributed by atoms with Crippen molar-refractivity contribution in [2.45, 2.75) is 18.2 Å². The van der Waals surface area contributed by atoms with Crippen molar-refractivity contribution in [3.63, 3.8) is 0 Å². The highest BCUT2D eigenvalue weighted by Crippen LogP contribution is 2.49. The lowest BCUT2D eigenvalue weighted by molar-refractivity contribution is -0.108. The maximum absolute atomic E-state index is 13.6. The summed E-state index contributed by atoms with van der Waals surface area (Å²) in [5.41, 5.74) is 0.363. The first-order valence-electron chi connectivity index (χ1n) is 9.99. The van der Waals surface area contributed by atoms with Crippen molar-refractivity contribution in [3.05, 3.63) is 59.7 Å². The van der Waals surface area contributed by atoms with E-state index in [2.05, 4.69) is 14.9 Å². The third-order valence-electron chi connectivity index (χ3n) is 6.53. The van der Waals surface area contributed by atoms with Gasteiger partial charge in [0.1, 0.15) is 11.3 Å². The normalized spacial score (nSPS) is 30.5. The van der Waals surface area contributed by atoms with Gasteiger partial charge in [0.05, 0.1) is 18.8 Å². The standard InChI is InChI=1S/C21H22F2N4O3/c22-16-2-1-13(5-17(16)23)7-26-8-15-14(10-28)19-9-27(12-21(15,11-26)30-19)20(29)18-6-24-3-4-25-18/h1-6,14-15,19,28H,7-12H2/t14-,15+,19+,21-/m0/s1. The Morgan fingerprint density at radius 1 is 1.23 bits per heavy atom. The molecular weight excluding hydrogens is 394 g/mol. The highest BCUT2D eigenvalue weighted by Gasteiger charge is 2.62. The molecule has 3 aliphatic heterocycles. The number of aliphatic hydroxyl groups is 1. The van der Waals surface area contributed by atoms with E-state index in [0.29, 0.717) is 38.3 Å². The number of halogens is 2. The SMILES string of the molecule is O=C(c1cnccn1)N1C[C@H]2O[C@@]3(CN(Cc4ccc(F)c(F)c4)C[C@@H]3[C@@H]2CO)C1. The lowest BCUT2D eigenvalue weighted by Gasteiger charge is -2.40. The summed E-state index contributed by atoms with van der Waals surface area (Å²) < 4.78 is 33.2. The average molecular weight is 416 g/mol. The number of rotatable bonds is 4. The molecule has 3 aliphatic rings. The van der Waals surface area contributed by atoms with Gasteiger partial charge in [-0.3, -0.25) is 14.7 Å². The topological polar surface area (TPSA) is 78.8 Å². The van der Waals surface area contributed by atoms with Gasteiger partial charge in [0.25, 0.3) is 5.91 Å². The van der Waals surface area contributed by atoms with Crippen LogP contribution in [0.3, 0.4) is 0 Å². The zero-order chi connectivity index (χ0) is 20.9. The monoisotopic (exact) mass is 416 g/mol. The van der Waals surface area contributed by atoms with E-state index in [9.17, 15) is 18.7 Å². The highest BCUT2D eigenvalue weighted by atomic mass is 19.2. The maximum Gasteiger partial charge on any atom is 0.274 e. The fourth-order valence-corrected chi connectivity index (χ4v) is 5.27. The molecule has 1 aromatic heterocycles. The van der Waals surface area contributed by atoms with Crippen LogP contribution in [0.5, 0.6) is 0 Å². The van der Waals surface area contributed by atoms with E-state index in [1.165, 1.54) is 24.7 Å². The average Bonchev–Trinajstić information content (AvgIpc) is 3.17. The molecule has 5 rings (SSSR count). The van der Waals surface area contributed by atoms with E-state index in [0.717, 1.165) is 6.07 Å². The summed E-state index contributed by atoms with van der Waals surface area (Å²) >= 11 is 0. The predicted octanol–water partition coefficient (Wildman–Crippen LogP) is 1.09. The summed E-state index contributed by atoms with van der Waals surface area (Å²) in [5, 5.41) is 10.0. The molecule has 30 heavy (non-hydrogen) atoms. The Morgan fingerprint density at radius 3 is 2.83 bits per heavy atom. The molecule has 3 saturated heterocycles.